The first-order valence-electron chi connectivity index (χ1n) is 11.7. The molecule has 0 unspecified atom stereocenters. The Balaban J connectivity index is 1.31. The van der Waals surface area contributed by atoms with Crippen LogP contribution in [-0.4, -0.2) is 15.0 Å². The van der Waals surface area contributed by atoms with E-state index in [2.05, 4.69) is 52.4 Å². The van der Waals surface area contributed by atoms with Crippen LogP contribution in [-0.2, 0) is 13.0 Å². The number of ether oxygens (including phenoxy) is 1. The number of hydrogen-bond donors (Lipinski definition) is 1. The third-order valence-electron chi connectivity index (χ3n) is 5.99. The number of rotatable bonds is 7. The van der Waals surface area contributed by atoms with Gasteiger partial charge in [-0.3, -0.25) is 4.98 Å². The van der Waals surface area contributed by atoms with Crippen LogP contribution < -0.4 is 4.74 Å². The third kappa shape index (κ3) is 4.68. The molecule has 4 aromatic carbocycles. The van der Waals surface area contributed by atoms with Crippen LogP contribution >= 0.6 is 23.4 Å². The fourth-order valence-corrected chi connectivity index (χ4v) is 5.47. The highest BCUT2D eigenvalue weighted by atomic mass is 35.5. The van der Waals surface area contributed by atoms with Crippen molar-refractivity contribution in [1.82, 2.24) is 15.0 Å². The number of imidazole rings is 1. The van der Waals surface area contributed by atoms with E-state index in [0.29, 0.717) is 13.0 Å². The molecule has 0 saturated heterocycles. The molecule has 2 heterocycles. The smallest absolute Gasteiger partial charge is 0.146 e. The number of pyridine rings is 1. The molecule has 0 amide bonds. The molecule has 0 aliphatic rings. The highest BCUT2D eigenvalue weighted by Crippen LogP contribution is 2.39. The van der Waals surface area contributed by atoms with Crippen molar-refractivity contribution < 1.29 is 4.74 Å². The van der Waals surface area contributed by atoms with Crippen molar-refractivity contribution >= 4 is 45.3 Å². The van der Waals surface area contributed by atoms with E-state index in [9.17, 15) is 0 Å². The number of nitrogens with zero attached hydrogens (tertiary/aromatic N) is 2. The normalized spacial score (nSPS) is 11.2. The van der Waals surface area contributed by atoms with E-state index in [1.807, 2.05) is 60.8 Å². The van der Waals surface area contributed by atoms with Gasteiger partial charge in [0.1, 0.15) is 29.2 Å². The molecule has 0 aliphatic heterocycles. The molecule has 2 aromatic heterocycles. The Kier molecular flexibility index (Phi) is 6.33. The number of aromatic nitrogens is 3. The van der Waals surface area contributed by atoms with Crippen LogP contribution in [0.15, 0.2) is 113 Å². The van der Waals surface area contributed by atoms with Gasteiger partial charge in [-0.25, -0.2) is 4.98 Å². The molecule has 0 aliphatic carbocycles. The van der Waals surface area contributed by atoms with Gasteiger partial charge in [-0.05, 0) is 53.6 Å². The standard InChI is InChI=1S/C30H22ClN3OS/c31-23-12-5-4-10-21(23)18-28-33-24-13-6-14-27(30(24)34-28)36-26-16-15-25(29-22(26)11-7-17-32-29)35-19-20-8-2-1-3-9-20/h1-17H,18-19H2,(H,33,34). The lowest BCUT2D eigenvalue weighted by molar-refractivity contribution is 0.309. The number of halogens is 1. The molecular formula is C30H22ClN3OS. The van der Waals surface area contributed by atoms with Crippen molar-refractivity contribution in [3.05, 3.63) is 125 Å². The van der Waals surface area contributed by atoms with E-state index in [0.717, 1.165) is 59.5 Å². The number of fused-ring (bicyclic) bond motifs is 2. The summed E-state index contributed by atoms with van der Waals surface area (Å²) in [5.74, 6) is 1.67. The summed E-state index contributed by atoms with van der Waals surface area (Å²) in [7, 11) is 0. The molecular weight excluding hydrogens is 486 g/mol. The lowest BCUT2D eigenvalue weighted by Gasteiger charge is -2.12. The second-order valence-electron chi connectivity index (χ2n) is 8.44. The predicted octanol–water partition coefficient (Wildman–Crippen LogP) is 8.09. The van der Waals surface area contributed by atoms with Crippen molar-refractivity contribution in [1.29, 1.82) is 0 Å². The molecule has 6 aromatic rings. The summed E-state index contributed by atoms with van der Waals surface area (Å²) in [6, 6.07) is 32.4. The predicted molar refractivity (Wildman–Crippen MR) is 147 cm³/mol. The molecule has 0 bridgehead atoms. The van der Waals surface area contributed by atoms with Gasteiger partial charge in [0.2, 0.25) is 0 Å². The number of aromatic amines is 1. The minimum atomic E-state index is 0.500. The van der Waals surface area contributed by atoms with Crippen molar-refractivity contribution in [2.24, 2.45) is 0 Å². The van der Waals surface area contributed by atoms with Crippen LogP contribution in [0.25, 0.3) is 21.9 Å². The zero-order valence-corrected chi connectivity index (χ0v) is 20.9. The Morgan fingerprint density at radius 2 is 1.64 bits per heavy atom. The van der Waals surface area contributed by atoms with Crippen LogP contribution in [0.2, 0.25) is 5.02 Å². The molecule has 4 nitrogen and oxygen atoms in total. The average molecular weight is 508 g/mol. The van der Waals surface area contributed by atoms with Gasteiger partial charge in [-0.2, -0.15) is 0 Å². The first-order chi connectivity index (χ1) is 17.7. The Morgan fingerprint density at radius 3 is 2.53 bits per heavy atom. The highest BCUT2D eigenvalue weighted by molar-refractivity contribution is 7.99. The fourth-order valence-electron chi connectivity index (χ4n) is 4.22. The second-order valence-corrected chi connectivity index (χ2v) is 9.93. The van der Waals surface area contributed by atoms with Crippen LogP contribution in [0.4, 0.5) is 0 Å². The van der Waals surface area contributed by atoms with Gasteiger partial charge in [0.15, 0.2) is 0 Å². The lowest BCUT2D eigenvalue weighted by atomic mass is 10.1. The average Bonchev–Trinajstić information content (AvgIpc) is 3.34. The molecule has 0 fully saturated rings. The molecule has 6 rings (SSSR count). The minimum Gasteiger partial charge on any atom is -0.487 e. The molecule has 176 valence electrons. The second kappa shape index (κ2) is 10.1. The lowest BCUT2D eigenvalue weighted by Crippen LogP contribution is -1.97. The summed E-state index contributed by atoms with van der Waals surface area (Å²) >= 11 is 8.06. The zero-order chi connectivity index (χ0) is 24.3. The van der Waals surface area contributed by atoms with Crippen molar-refractivity contribution in [3.63, 3.8) is 0 Å². The summed E-state index contributed by atoms with van der Waals surface area (Å²) in [6.07, 6.45) is 2.46. The number of benzene rings is 4. The molecule has 0 spiro atoms. The van der Waals surface area contributed by atoms with Crippen molar-refractivity contribution in [3.8, 4) is 5.75 Å². The van der Waals surface area contributed by atoms with E-state index in [-0.39, 0.29) is 0 Å². The van der Waals surface area contributed by atoms with E-state index in [4.69, 9.17) is 21.3 Å². The summed E-state index contributed by atoms with van der Waals surface area (Å²) in [4.78, 5) is 15.2. The monoisotopic (exact) mass is 507 g/mol. The molecule has 36 heavy (non-hydrogen) atoms. The fraction of sp³-hybridized carbons (Fsp3) is 0.0667. The Labute approximate surface area is 218 Å². The van der Waals surface area contributed by atoms with Crippen molar-refractivity contribution in [2.45, 2.75) is 22.8 Å². The molecule has 1 N–H and O–H groups in total. The first kappa shape index (κ1) is 22.7. The SMILES string of the molecule is Clc1ccccc1Cc1nc2c(Sc3ccc(OCc4ccccc4)c4ncccc34)cccc2[nH]1. The van der Waals surface area contributed by atoms with Crippen LogP contribution in [0.1, 0.15) is 17.0 Å². The molecule has 0 radical (unpaired) electrons. The van der Waals surface area contributed by atoms with E-state index in [1.165, 1.54) is 0 Å². The maximum absolute atomic E-state index is 6.37. The van der Waals surface area contributed by atoms with E-state index >= 15 is 0 Å². The molecule has 0 atom stereocenters. The maximum Gasteiger partial charge on any atom is 0.146 e. The highest BCUT2D eigenvalue weighted by Gasteiger charge is 2.14. The Morgan fingerprint density at radius 1 is 0.778 bits per heavy atom. The van der Waals surface area contributed by atoms with Gasteiger partial charge in [0.25, 0.3) is 0 Å². The van der Waals surface area contributed by atoms with Gasteiger partial charge < -0.3 is 9.72 Å². The summed E-state index contributed by atoms with van der Waals surface area (Å²) < 4.78 is 6.15. The maximum atomic E-state index is 6.37. The topological polar surface area (TPSA) is 50.8 Å². The molecule has 0 saturated carbocycles. The Bertz CT molecular complexity index is 1670. The minimum absolute atomic E-state index is 0.500. The van der Waals surface area contributed by atoms with E-state index < -0.39 is 0 Å². The summed E-state index contributed by atoms with van der Waals surface area (Å²) in [5.41, 5.74) is 4.98. The van der Waals surface area contributed by atoms with Crippen molar-refractivity contribution in [2.75, 3.05) is 0 Å². The zero-order valence-electron chi connectivity index (χ0n) is 19.3. The van der Waals surface area contributed by atoms with E-state index in [1.54, 1.807) is 11.8 Å². The summed E-state index contributed by atoms with van der Waals surface area (Å²) in [6.45, 7) is 0.500. The number of hydrogen-bond acceptors (Lipinski definition) is 4. The Hall–Kier alpha value is -3.80. The van der Waals surface area contributed by atoms with Crippen LogP contribution in [0.5, 0.6) is 5.75 Å². The summed E-state index contributed by atoms with van der Waals surface area (Å²) in [5, 5.41) is 1.80. The number of H-pyrrole nitrogens is 1. The largest absolute Gasteiger partial charge is 0.487 e. The van der Waals surface area contributed by atoms with Gasteiger partial charge in [0.05, 0.1) is 5.52 Å². The third-order valence-corrected chi connectivity index (χ3v) is 7.48. The first-order valence-corrected chi connectivity index (χ1v) is 12.9. The van der Waals surface area contributed by atoms with Crippen LogP contribution in [0.3, 0.4) is 0 Å². The quantitative estimate of drug-likeness (QED) is 0.237. The number of para-hydroxylation sites is 1. The van der Waals surface area contributed by atoms with Crippen LogP contribution in [0, 0.1) is 0 Å². The van der Waals surface area contributed by atoms with Gasteiger partial charge in [0, 0.05) is 32.8 Å². The van der Waals surface area contributed by atoms with Gasteiger partial charge in [-0.15, -0.1) is 0 Å². The van der Waals surface area contributed by atoms with Gasteiger partial charge in [-0.1, -0.05) is 78.0 Å². The number of nitrogens with one attached hydrogen (secondary N) is 1. The van der Waals surface area contributed by atoms with Gasteiger partial charge >= 0.3 is 0 Å². The molecule has 6 heteroatoms.